The van der Waals surface area contributed by atoms with E-state index in [0.717, 1.165) is 12.1 Å². The van der Waals surface area contributed by atoms with Crippen molar-refractivity contribution in [3.8, 4) is 0 Å². The van der Waals surface area contributed by atoms with E-state index in [9.17, 15) is 31.4 Å². The molecule has 7 heteroatoms. The van der Waals surface area contributed by atoms with Gasteiger partial charge >= 0.3 is 12.4 Å². The van der Waals surface area contributed by atoms with E-state index in [-0.39, 0.29) is 5.56 Å². The van der Waals surface area contributed by atoms with Gasteiger partial charge in [0.25, 0.3) is 0 Å². The van der Waals surface area contributed by atoms with Crippen LogP contribution in [0, 0.1) is 0 Å². The maximum Gasteiger partial charge on any atom is 0.416 e. The third kappa shape index (κ3) is 4.38. The van der Waals surface area contributed by atoms with Crippen LogP contribution in [0.5, 0.6) is 0 Å². The van der Waals surface area contributed by atoms with Crippen LogP contribution in [0.1, 0.15) is 22.8 Å². The highest BCUT2D eigenvalue weighted by Crippen LogP contribution is 2.37. The molecule has 1 N–H and O–H groups in total. The van der Waals surface area contributed by atoms with Gasteiger partial charge in [0.2, 0.25) is 0 Å². The number of halogens is 6. The van der Waals surface area contributed by atoms with Crippen molar-refractivity contribution in [2.24, 2.45) is 0 Å². The minimum Gasteiger partial charge on any atom is -0.384 e. The maximum absolute atomic E-state index is 13.2. The molecule has 2 aromatic carbocycles. The fourth-order valence-corrected chi connectivity index (χ4v) is 2.10. The van der Waals surface area contributed by atoms with Gasteiger partial charge in [-0.2, -0.15) is 26.3 Å². The standard InChI is InChI=1S/C17H12F6O/c18-16(19,20)13-8-6-11(7-9-13)14(17(21,22)23)10-15(24)12-4-2-1-3-5-12/h1-10,15,24H/b14-10-. The second-order valence-electron chi connectivity index (χ2n) is 5.01. The molecule has 0 aliphatic carbocycles. The van der Waals surface area contributed by atoms with E-state index < -0.39 is 35.2 Å². The second-order valence-corrected chi connectivity index (χ2v) is 5.01. The molecule has 0 radical (unpaired) electrons. The summed E-state index contributed by atoms with van der Waals surface area (Å²) < 4.78 is 77.2. The Morgan fingerprint density at radius 1 is 0.833 bits per heavy atom. The third-order valence-electron chi connectivity index (χ3n) is 3.29. The summed E-state index contributed by atoms with van der Waals surface area (Å²) in [4.78, 5) is 0. The molecule has 0 saturated heterocycles. The van der Waals surface area contributed by atoms with Gasteiger partial charge in [0, 0.05) is 0 Å². The zero-order valence-corrected chi connectivity index (χ0v) is 12.1. The van der Waals surface area contributed by atoms with E-state index in [1.807, 2.05) is 0 Å². The minimum absolute atomic E-state index is 0.242. The van der Waals surface area contributed by atoms with Crippen LogP contribution in [-0.2, 0) is 6.18 Å². The lowest BCUT2D eigenvalue weighted by Crippen LogP contribution is -2.13. The van der Waals surface area contributed by atoms with Crippen LogP contribution in [0.3, 0.4) is 0 Å². The normalized spacial score (nSPS) is 14.5. The van der Waals surface area contributed by atoms with E-state index in [2.05, 4.69) is 0 Å². The molecule has 0 aliphatic heterocycles. The number of allylic oxidation sites excluding steroid dienone is 1. The summed E-state index contributed by atoms with van der Waals surface area (Å²) in [6, 6.07) is 10.3. The summed E-state index contributed by atoms with van der Waals surface area (Å²) in [5.41, 5.74) is -2.46. The van der Waals surface area contributed by atoms with Gasteiger partial charge in [-0.15, -0.1) is 0 Å². The van der Waals surface area contributed by atoms with E-state index in [4.69, 9.17) is 0 Å². The van der Waals surface area contributed by atoms with Crippen LogP contribution in [0.25, 0.3) is 5.57 Å². The first-order chi connectivity index (χ1) is 11.1. The number of aliphatic hydroxyl groups is 1. The van der Waals surface area contributed by atoms with E-state index in [1.54, 1.807) is 18.2 Å². The molecule has 0 fully saturated rings. The van der Waals surface area contributed by atoms with Gasteiger partial charge in [0.05, 0.1) is 17.2 Å². The van der Waals surface area contributed by atoms with Crippen molar-refractivity contribution in [3.63, 3.8) is 0 Å². The Bertz CT molecular complexity index is 699. The van der Waals surface area contributed by atoms with Gasteiger partial charge in [-0.05, 0) is 29.3 Å². The molecule has 0 aliphatic rings. The molecule has 0 heterocycles. The summed E-state index contributed by atoms with van der Waals surface area (Å²) >= 11 is 0. The molecule has 128 valence electrons. The van der Waals surface area contributed by atoms with Gasteiger partial charge in [-0.3, -0.25) is 0 Å². The largest absolute Gasteiger partial charge is 0.416 e. The predicted molar refractivity (Wildman–Crippen MR) is 76.9 cm³/mol. The molecule has 2 rings (SSSR count). The summed E-state index contributed by atoms with van der Waals surface area (Å²) in [6.07, 6.45) is -10.4. The Hall–Kier alpha value is -2.28. The maximum atomic E-state index is 13.2. The summed E-state index contributed by atoms with van der Waals surface area (Å²) in [7, 11) is 0. The average Bonchev–Trinajstić information content (AvgIpc) is 2.51. The van der Waals surface area contributed by atoms with E-state index >= 15 is 0 Å². The van der Waals surface area contributed by atoms with Crippen molar-refractivity contribution >= 4 is 5.57 Å². The minimum atomic E-state index is -4.82. The highest BCUT2D eigenvalue weighted by atomic mass is 19.4. The SMILES string of the molecule is OC(/C=C(/c1ccc(C(F)(F)F)cc1)C(F)(F)F)c1ccccc1. The zero-order valence-electron chi connectivity index (χ0n) is 12.1. The first kappa shape index (κ1) is 18.1. The van der Waals surface area contributed by atoms with Crippen LogP contribution in [0.2, 0.25) is 0 Å². The highest BCUT2D eigenvalue weighted by molar-refractivity contribution is 5.70. The van der Waals surface area contributed by atoms with Crippen molar-refractivity contribution in [2.45, 2.75) is 18.5 Å². The molecule has 0 saturated carbocycles. The molecule has 0 bridgehead atoms. The van der Waals surface area contributed by atoms with Crippen molar-refractivity contribution in [2.75, 3.05) is 0 Å². The lowest BCUT2D eigenvalue weighted by molar-refractivity contribution is -0.137. The quantitative estimate of drug-likeness (QED) is 0.740. The topological polar surface area (TPSA) is 20.2 Å². The molecular weight excluding hydrogens is 334 g/mol. The average molecular weight is 346 g/mol. The zero-order chi connectivity index (χ0) is 18.0. The first-order valence-electron chi connectivity index (χ1n) is 6.78. The predicted octanol–water partition coefficient (Wildman–Crippen LogP) is 5.38. The number of rotatable bonds is 3. The number of hydrogen-bond acceptors (Lipinski definition) is 1. The second kappa shape index (κ2) is 6.68. The Kier molecular flexibility index (Phi) is 5.03. The van der Waals surface area contributed by atoms with Crippen molar-refractivity contribution in [3.05, 3.63) is 77.4 Å². The van der Waals surface area contributed by atoms with Crippen LogP contribution in [0.15, 0.2) is 60.7 Å². The Labute approximate surface area is 133 Å². The molecule has 1 unspecified atom stereocenters. The third-order valence-corrected chi connectivity index (χ3v) is 3.29. The van der Waals surface area contributed by atoms with Gasteiger partial charge in [-0.25, -0.2) is 0 Å². The van der Waals surface area contributed by atoms with Crippen LogP contribution < -0.4 is 0 Å². The summed E-state index contributed by atoms with van der Waals surface area (Å²) in [5, 5.41) is 9.94. The number of benzene rings is 2. The molecule has 0 spiro atoms. The van der Waals surface area contributed by atoms with Crippen LogP contribution in [0.4, 0.5) is 26.3 Å². The number of aliphatic hydroxyl groups excluding tert-OH is 1. The first-order valence-corrected chi connectivity index (χ1v) is 6.78. The highest BCUT2D eigenvalue weighted by Gasteiger charge is 2.36. The Morgan fingerprint density at radius 3 is 1.83 bits per heavy atom. The van der Waals surface area contributed by atoms with Crippen molar-refractivity contribution < 1.29 is 31.4 Å². The van der Waals surface area contributed by atoms with Crippen molar-refractivity contribution in [1.29, 1.82) is 0 Å². The molecule has 24 heavy (non-hydrogen) atoms. The lowest BCUT2D eigenvalue weighted by Gasteiger charge is -2.16. The fraction of sp³-hybridized carbons (Fsp3) is 0.176. The van der Waals surface area contributed by atoms with Gasteiger partial charge in [0.1, 0.15) is 0 Å². The van der Waals surface area contributed by atoms with E-state index in [1.165, 1.54) is 12.1 Å². The molecule has 1 atom stereocenters. The number of hydrogen-bond donors (Lipinski definition) is 1. The van der Waals surface area contributed by atoms with Crippen molar-refractivity contribution in [1.82, 2.24) is 0 Å². The fourth-order valence-electron chi connectivity index (χ4n) is 2.10. The molecule has 0 aromatic heterocycles. The van der Waals surface area contributed by atoms with Crippen LogP contribution >= 0.6 is 0 Å². The lowest BCUT2D eigenvalue weighted by atomic mass is 9.99. The Balaban J connectivity index is 2.41. The summed E-state index contributed by atoms with van der Waals surface area (Å²) in [6.45, 7) is 0. The Morgan fingerprint density at radius 2 is 1.38 bits per heavy atom. The molecule has 2 aromatic rings. The van der Waals surface area contributed by atoms with Gasteiger partial charge in [-0.1, -0.05) is 42.5 Å². The van der Waals surface area contributed by atoms with Gasteiger partial charge < -0.3 is 5.11 Å². The molecule has 1 nitrogen and oxygen atoms in total. The van der Waals surface area contributed by atoms with Crippen LogP contribution in [-0.4, -0.2) is 11.3 Å². The molecule has 0 amide bonds. The van der Waals surface area contributed by atoms with E-state index in [0.29, 0.717) is 18.2 Å². The molecular formula is C17H12F6O. The number of alkyl halides is 6. The summed E-state index contributed by atoms with van der Waals surface area (Å²) in [5.74, 6) is 0. The smallest absolute Gasteiger partial charge is 0.384 e. The monoisotopic (exact) mass is 346 g/mol. The van der Waals surface area contributed by atoms with Gasteiger partial charge in [0.15, 0.2) is 0 Å².